The van der Waals surface area contributed by atoms with Crippen LogP contribution in [0.2, 0.25) is 0 Å². The van der Waals surface area contributed by atoms with Crippen LogP contribution in [0.4, 0.5) is 11.4 Å². The number of anilines is 2. The van der Waals surface area contributed by atoms with E-state index in [9.17, 15) is 4.79 Å². The number of rotatable bonds is 4. The molecular formula is C19H16N5O+. The van der Waals surface area contributed by atoms with E-state index in [1.165, 1.54) is 9.48 Å². The van der Waals surface area contributed by atoms with Crippen LogP contribution < -0.4 is 15.8 Å². The van der Waals surface area contributed by atoms with Crippen LogP contribution in [0.3, 0.4) is 0 Å². The van der Waals surface area contributed by atoms with E-state index < -0.39 is 0 Å². The van der Waals surface area contributed by atoms with Gasteiger partial charge in [-0.15, -0.1) is 5.10 Å². The van der Waals surface area contributed by atoms with E-state index in [1.54, 1.807) is 0 Å². The monoisotopic (exact) mass is 330 g/mol. The number of hydrogen-bond donors (Lipinski definition) is 2. The third-order valence-electron chi connectivity index (χ3n) is 3.76. The van der Waals surface area contributed by atoms with Crippen LogP contribution in [-0.2, 0) is 0 Å². The van der Waals surface area contributed by atoms with Crippen LogP contribution in [0.1, 0.15) is 0 Å². The summed E-state index contributed by atoms with van der Waals surface area (Å²) in [5.41, 5.74) is 2.87. The van der Waals surface area contributed by atoms with Gasteiger partial charge in [0.2, 0.25) is 0 Å². The number of hydrogen-bond acceptors (Lipinski definition) is 3. The quantitative estimate of drug-likeness (QED) is 0.565. The predicted molar refractivity (Wildman–Crippen MR) is 95.4 cm³/mol. The lowest BCUT2D eigenvalue weighted by molar-refractivity contribution is -0.718. The van der Waals surface area contributed by atoms with Crippen LogP contribution in [-0.4, -0.2) is 15.0 Å². The molecule has 0 fully saturated rings. The third kappa shape index (κ3) is 3.05. The Kier molecular flexibility index (Phi) is 3.84. The second-order valence-corrected chi connectivity index (χ2v) is 5.47. The van der Waals surface area contributed by atoms with E-state index >= 15 is 0 Å². The average molecular weight is 330 g/mol. The number of nitrogens with one attached hydrogen (secondary N) is 2. The molecule has 0 aliphatic heterocycles. The van der Waals surface area contributed by atoms with Gasteiger partial charge in [0, 0.05) is 5.69 Å². The lowest BCUT2D eigenvalue weighted by Gasteiger charge is -2.07. The van der Waals surface area contributed by atoms with Crippen molar-refractivity contribution in [3.05, 3.63) is 95.4 Å². The number of nitrogens with zero attached hydrogens (tertiary/aromatic N) is 3. The van der Waals surface area contributed by atoms with Gasteiger partial charge >= 0.3 is 5.69 Å². The second kappa shape index (κ2) is 6.45. The van der Waals surface area contributed by atoms with Gasteiger partial charge in [0.25, 0.3) is 0 Å². The van der Waals surface area contributed by atoms with Gasteiger partial charge in [-0.2, -0.15) is 0 Å². The molecule has 4 aromatic rings. The second-order valence-electron chi connectivity index (χ2n) is 5.47. The summed E-state index contributed by atoms with van der Waals surface area (Å²) >= 11 is 0. The first-order chi connectivity index (χ1) is 12.3. The van der Waals surface area contributed by atoms with Crippen molar-refractivity contribution in [2.75, 3.05) is 5.32 Å². The van der Waals surface area contributed by atoms with Crippen LogP contribution in [0.5, 0.6) is 0 Å². The van der Waals surface area contributed by atoms with Crippen molar-refractivity contribution >= 4 is 11.4 Å². The van der Waals surface area contributed by atoms with Gasteiger partial charge in [0.1, 0.15) is 5.21 Å². The maximum atomic E-state index is 12.4. The van der Waals surface area contributed by atoms with E-state index in [1.807, 2.05) is 84.9 Å². The fourth-order valence-electron chi connectivity index (χ4n) is 2.57. The average Bonchev–Trinajstić information content (AvgIpc) is 3.05. The van der Waals surface area contributed by atoms with Crippen molar-refractivity contribution in [2.45, 2.75) is 0 Å². The molecule has 122 valence electrons. The Balaban J connectivity index is 1.76. The Hall–Kier alpha value is -3.67. The number of para-hydroxylation sites is 4. The summed E-state index contributed by atoms with van der Waals surface area (Å²) < 4.78 is 1.35. The van der Waals surface area contributed by atoms with Gasteiger partial charge in [-0.05, 0) is 45.9 Å². The molecule has 0 saturated carbocycles. The van der Waals surface area contributed by atoms with Gasteiger partial charge in [0.15, 0.2) is 11.4 Å². The molecule has 6 nitrogen and oxygen atoms in total. The predicted octanol–water partition coefficient (Wildman–Crippen LogP) is 2.58. The van der Waals surface area contributed by atoms with Crippen molar-refractivity contribution < 1.29 is 4.80 Å². The fourth-order valence-corrected chi connectivity index (χ4v) is 2.57. The molecule has 0 bridgehead atoms. The Morgan fingerprint density at radius 3 is 2.24 bits per heavy atom. The Labute approximate surface area is 144 Å². The van der Waals surface area contributed by atoms with Crippen molar-refractivity contribution in [3.8, 4) is 11.4 Å². The highest BCUT2D eigenvalue weighted by atomic mass is 16.2. The summed E-state index contributed by atoms with van der Waals surface area (Å²) in [6.45, 7) is 0. The van der Waals surface area contributed by atoms with Gasteiger partial charge in [0.05, 0.1) is 5.69 Å². The first-order valence-electron chi connectivity index (χ1n) is 7.90. The normalized spacial score (nSPS) is 10.6. The van der Waals surface area contributed by atoms with Crippen molar-refractivity contribution in [2.24, 2.45) is 0 Å². The summed E-state index contributed by atoms with van der Waals surface area (Å²) in [6, 6.07) is 26.8. The summed E-state index contributed by atoms with van der Waals surface area (Å²) in [6.07, 6.45) is 0. The number of H-pyrrole nitrogens is 1. The molecule has 0 atom stereocenters. The Morgan fingerprint density at radius 2 is 1.48 bits per heavy atom. The number of aromatic nitrogens is 4. The zero-order valence-electron chi connectivity index (χ0n) is 13.3. The van der Waals surface area contributed by atoms with Crippen molar-refractivity contribution in [1.29, 1.82) is 0 Å². The minimum atomic E-state index is -0.314. The Morgan fingerprint density at radius 1 is 0.840 bits per heavy atom. The molecule has 0 spiro atoms. The maximum absolute atomic E-state index is 12.4. The summed E-state index contributed by atoms with van der Waals surface area (Å²) in [5.74, 6) is 0. The van der Waals surface area contributed by atoms with E-state index in [4.69, 9.17) is 0 Å². The van der Waals surface area contributed by atoms with E-state index in [0.29, 0.717) is 5.69 Å². The lowest BCUT2D eigenvalue weighted by Crippen LogP contribution is -2.37. The highest BCUT2D eigenvalue weighted by Crippen LogP contribution is 2.22. The molecule has 1 aromatic heterocycles. The molecular weight excluding hydrogens is 314 g/mol. The van der Waals surface area contributed by atoms with Crippen LogP contribution in [0.15, 0.2) is 89.7 Å². The molecule has 3 aromatic carbocycles. The van der Waals surface area contributed by atoms with E-state index in [2.05, 4.69) is 15.6 Å². The molecule has 0 saturated heterocycles. The zero-order chi connectivity index (χ0) is 17.1. The minimum absolute atomic E-state index is 0.314. The highest BCUT2D eigenvalue weighted by Gasteiger charge is 2.19. The fraction of sp³-hybridized carbons (Fsp3) is 0. The number of aromatic amines is 1. The van der Waals surface area contributed by atoms with Gasteiger partial charge < -0.3 is 5.32 Å². The third-order valence-corrected chi connectivity index (χ3v) is 3.76. The van der Waals surface area contributed by atoms with Crippen LogP contribution >= 0.6 is 0 Å². The lowest BCUT2D eigenvalue weighted by atomic mass is 10.2. The summed E-state index contributed by atoms with van der Waals surface area (Å²) in [5, 5.41) is 10.4. The topological polar surface area (TPSA) is 66.6 Å². The Bertz CT molecular complexity index is 1040. The van der Waals surface area contributed by atoms with Crippen molar-refractivity contribution in [1.82, 2.24) is 15.0 Å². The molecule has 25 heavy (non-hydrogen) atoms. The molecule has 0 amide bonds. The molecule has 0 radical (unpaired) electrons. The minimum Gasteiger partial charge on any atom is -0.352 e. The van der Waals surface area contributed by atoms with E-state index in [-0.39, 0.29) is 5.69 Å². The first-order valence-corrected chi connectivity index (χ1v) is 7.90. The number of tetrazole rings is 1. The molecule has 0 aliphatic rings. The number of benzene rings is 3. The molecule has 1 heterocycles. The molecule has 6 heteroatoms. The first kappa shape index (κ1) is 14.9. The molecule has 2 N–H and O–H groups in total. The van der Waals surface area contributed by atoms with E-state index in [0.717, 1.165) is 17.1 Å². The zero-order valence-corrected chi connectivity index (χ0v) is 13.3. The largest absolute Gasteiger partial charge is 0.471 e. The molecule has 0 unspecified atom stereocenters. The SMILES string of the molecule is O=c1[nH][n+](-c2ccccc2)nn1-c1ccccc1Nc1ccccc1. The van der Waals surface area contributed by atoms with Gasteiger partial charge in [-0.25, -0.2) is 4.79 Å². The van der Waals surface area contributed by atoms with Gasteiger partial charge in [-0.3, -0.25) is 0 Å². The standard InChI is InChI=1S/C19H15N5O/c25-19-21-24(16-11-5-2-6-12-16)22-23(19)18-14-8-7-13-17(18)20-15-9-3-1-4-10-15/h1-14H,(H-,20,21,22,25)/p+1. The molecule has 4 rings (SSSR count). The van der Waals surface area contributed by atoms with Gasteiger partial charge in [-0.1, -0.05) is 48.5 Å². The van der Waals surface area contributed by atoms with Crippen molar-refractivity contribution in [3.63, 3.8) is 0 Å². The van der Waals surface area contributed by atoms with Crippen LogP contribution in [0.25, 0.3) is 11.4 Å². The molecule has 0 aliphatic carbocycles. The highest BCUT2D eigenvalue weighted by molar-refractivity contribution is 5.68. The smallest absolute Gasteiger partial charge is 0.352 e. The summed E-state index contributed by atoms with van der Waals surface area (Å²) in [4.78, 5) is 13.9. The maximum Gasteiger partial charge on any atom is 0.471 e. The van der Waals surface area contributed by atoms with Crippen LogP contribution in [0, 0.1) is 0 Å². The summed E-state index contributed by atoms with van der Waals surface area (Å²) in [7, 11) is 0.